The molecule has 2 unspecified atom stereocenters. The number of hydrogen-bond acceptors (Lipinski definition) is 2. The fourth-order valence-corrected chi connectivity index (χ4v) is 7.50. The summed E-state index contributed by atoms with van der Waals surface area (Å²) in [5, 5.41) is 0. The Morgan fingerprint density at radius 2 is 1.15 bits per heavy atom. The molecule has 0 saturated carbocycles. The van der Waals surface area contributed by atoms with E-state index in [9.17, 15) is 0 Å². The van der Waals surface area contributed by atoms with Gasteiger partial charge in [-0.15, -0.1) is 0 Å². The molecule has 1 aliphatic heterocycles. The quantitative estimate of drug-likeness (QED) is 0.204. The van der Waals surface area contributed by atoms with Crippen LogP contribution in [0.4, 0.5) is 0 Å². The van der Waals surface area contributed by atoms with Gasteiger partial charge in [0.1, 0.15) is 0 Å². The molecule has 0 amide bonds. The van der Waals surface area contributed by atoms with Crippen LogP contribution in [0, 0.1) is 30.6 Å². The largest absolute Gasteiger partial charge is 0.495 e. The predicted molar refractivity (Wildman–Crippen MR) is 207 cm³/mol. The summed E-state index contributed by atoms with van der Waals surface area (Å²) in [6, 6.07) is 26.3. The summed E-state index contributed by atoms with van der Waals surface area (Å²) < 4.78 is 13.5. The highest BCUT2D eigenvalue weighted by atomic mass is 16.7. The fraction of sp³-hybridized carbons (Fsp3) is 0.422. The van der Waals surface area contributed by atoms with Crippen LogP contribution in [0.5, 0.6) is 0 Å². The lowest BCUT2D eigenvalue weighted by Gasteiger charge is -2.41. The lowest BCUT2D eigenvalue weighted by Crippen LogP contribution is -2.41. The van der Waals surface area contributed by atoms with Gasteiger partial charge in [0.05, 0.1) is 11.2 Å². The molecule has 0 bridgehead atoms. The van der Waals surface area contributed by atoms with Gasteiger partial charge in [0.25, 0.3) is 0 Å². The fourth-order valence-electron chi connectivity index (χ4n) is 7.50. The van der Waals surface area contributed by atoms with Gasteiger partial charge in [-0.05, 0) is 107 Å². The Bertz CT molecular complexity index is 1800. The molecular weight excluding hydrogens is 583 g/mol. The van der Waals surface area contributed by atoms with Crippen molar-refractivity contribution in [3.05, 3.63) is 137 Å². The number of aryl methyl sites for hydroxylation is 2. The third kappa shape index (κ3) is 6.25. The maximum Gasteiger partial charge on any atom is 0.495 e. The van der Waals surface area contributed by atoms with Crippen molar-refractivity contribution >= 4 is 12.6 Å². The highest BCUT2D eigenvalue weighted by Gasteiger charge is 2.53. The maximum atomic E-state index is 6.77. The van der Waals surface area contributed by atoms with E-state index in [1.165, 1.54) is 44.5 Å². The van der Waals surface area contributed by atoms with E-state index in [1.807, 2.05) is 0 Å². The Balaban J connectivity index is 1.75. The van der Waals surface area contributed by atoms with Gasteiger partial charge < -0.3 is 9.31 Å². The second-order valence-corrected chi connectivity index (χ2v) is 16.7. The van der Waals surface area contributed by atoms with Crippen LogP contribution in [0.1, 0.15) is 98.4 Å². The van der Waals surface area contributed by atoms with Gasteiger partial charge in [0, 0.05) is 16.7 Å². The first kappa shape index (κ1) is 35.9. The Morgan fingerprint density at radius 3 is 1.73 bits per heavy atom. The molecule has 5 rings (SSSR count). The SMILES string of the molecule is C=C1C(C=C(B2OC(C)(C)C(C)(C)O2)c2ccccc2C)C(C)(C)/C(C)=C/C(C)(c2ccccc2-c2ccccc2C)/C=C(\C)C1(C)C. The second-order valence-electron chi connectivity index (χ2n) is 16.7. The number of allylic oxidation sites excluding steroid dienone is 6. The number of hydrogen-bond donors (Lipinski definition) is 0. The van der Waals surface area contributed by atoms with Gasteiger partial charge in [-0.1, -0.05) is 142 Å². The molecule has 3 heteroatoms. The first-order valence-electron chi connectivity index (χ1n) is 17.6. The lowest BCUT2D eigenvalue weighted by atomic mass is 9.60. The van der Waals surface area contributed by atoms with Crippen LogP contribution in [0.25, 0.3) is 16.6 Å². The average Bonchev–Trinajstić information content (AvgIpc) is 3.23. The minimum atomic E-state index is -0.498. The summed E-state index contributed by atoms with van der Waals surface area (Å²) in [6.45, 7) is 34.3. The number of benzene rings is 3. The molecule has 0 N–H and O–H groups in total. The molecule has 2 atom stereocenters. The van der Waals surface area contributed by atoms with Crippen LogP contribution in [0.15, 0.2) is 114 Å². The first-order chi connectivity index (χ1) is 22.2. The van der Waals surface area contributed by atoms with E-state index in [0.717, 1.165) is 11.0 Å². The topological polar surface area (TPSA) is 18.5 Å². The van der Waals surface area contributed by atoms with Crippen molar-refractivity contribution in [1.29, 1.82) is 0 Å². The van der Waals surface area contributed by atoms with Crippen molar-refractivity contribution < 1.29 is 9.31 Å². The van der Waals surface area contributed by atoms with Crippen molar-refractivity contribution in [2.75, 3.05) is 0 Å². The van der Waals surface area contributed by atoms with Crippen LogP contribution < -0.4 is 0 Å². The van der Waals surface area contributed by atoms with Crippen molar-refractivity contribution in [3.63, 3.8) is 0 Å². The highest BCUT2D eigenvalue weighted by Crippen LogP contribution is 2.53. The zero-order valence-corrected chi connectivity index (χ0v) is 31.8. The minimum absolute atomic E-state index is 0.00491. The van der Waals surface area contributed by atoms with Crippen molar-refractivity contribution in [2.45, 2.75) is 107 Å². The van der Waals surface area contributed by atoms with Crippen molar-refractivity contribution in [3.8, 4) is 11.1 Å². The summed E-state index contributed by atoms with van der Waals surface area (Å²) >= 11 is 0. The number of rotatable bonds is 5. The normalized spacial score (nSPS) is 27.3. The summed E-state index contributed by atoms with van der Waals surface area (Å²) in [6.07, 6.45) is 7.45. The van der Waals surface area contributed by atoms with Crippen LogP contribution >= 0.6 is 0 Å². The molecule has 3 aromatic rings. The van der Waals surface area contributed by atoms with Gasteiger partial charge in [-0.25, -0.2) is 0 Å². The third-order valence-electron chi connectivity index (χ3n) is 12.2. The molecule has 1 saturated heterocycles. The Morgan fingerprint density at radius 1 is 0.646 bits per heavy atom. The van der Waals surface area contributed by atoms with Crippen molar-refractivity contribution in [1.82, 2.24) is 0 Å². The summed E-state index contributed by atoms with van der Waals surface area (Å²) in [7, 11) is -0.498. The van der Waals surface area contributed by atoms with Gasteiger partial charge in [-0.2, -0.15) is 0 Å². The van der Waals surface area contributed by atoms with E-state index < -0.39 is 18.3 Å². The monoisotopic (exact) mass is 640 g/mol. The third-order valence-corrected chi connectivity index (χ3v) is 12.2. The Labute approximate surface area is 292 Å². The maximum absolute atomic E-state index is 6.77. The van der Waals surface area contributed by atoms with Crippen LogP contribution in [0.3, 0.4) is 0 Å². The standard InChI is InChI=1S/C45H57BO2/c1-30-21-15-17-23-35(30)37-25-19-20-26-38(37)45(14)28-32(3)41(6,7)34(5)39(42(8,9)33(4)29-45)27-40(36-24-18-16-22-31(36)2)46-47-43(10,11)44(12,13)48-46/h15-29,39H,5H2,1-4,6-14H3/b32-28+,33-29+,40-27?. The molecule has 0 aromatic heterocycles. The second kappa shape index (κ2) is 12.5. The molecule has 1 heterocycles. The molecule has 1 fully saturated rings. The van der Waals surface area contributed by atoms with E-state index in [2.05, 4.69) is 181 Å². The molecule has 0 radical (unpaired) electrons. The van der Waals surface area contributed by atoms with Crippen LogP contribution in [-0.4, -0.2) is 18.3 Å². The van der Waals surface area contributed by atoms with Gasteiger partial charge >= 0.3 is 7.12 Å². The Hall–Kier alpha value is -3.40. The lowest BCUT2D eigenvalue weighted by molar-refractivity contribution is 0.00578. The Kier molecular flexibility index (Phi) is 9.34. The van der Waals surface area contributed by atoms with Gasteiger partial charge in [-0.3, -0.25) is 0 Å². The predicted octanol–water partition coefficient (Wildman–Crippen LogP) is 12.1. The zero-order chi connectivity index (χ0) is 35.4. The zero-order valence-electron chi connectivity index (χ0n) is 31.8. The van der Waals surface area contributed by atoms with Gasteiger partial charge in [0.2, 0.25) is 0 Å². The molecule has 2 nitrogen and oxygen atoms in total. The summed E-state index contributed by atoms with van der Waals surface area (Å²) in [4.78, 5) is 0. The molecule has 3 aromatic carbocycles. The van der Waals surface area contributed by atoms with E-state index in [4.69, 9.17) is 15.9 Å². The first-order valence-corrected chi connectivity index (χ1v) is 17.6. The van der Waals surface area contributed by atoms with Gasteiger partial charge in [0.15, 0.2) is 0 Å². The molecule has 1 aliphatic carbocycles. The van der Waals surface area contributed by atoms with E-state index in [0.29, 0.717) is 0 Å². The van der Waals surface area contributed by atoms with E-state index in [1.54, 1.807) is 0 Å². The summed E-state index contributed by atoms with van der Waals surface area (Å²) in [5.74, 6) is -0.00491. The molecule has 0 spiro atoms. The highest BCUT2D eigenvalue weighted by molar-refractivity contribution is 6.69. The van der Waals surface area contributed by atoms with Crippen molar-refractivity contribution in [2.24, 2.45) is 16.7 Å². The summed E-state index contributed by atoms with van der Waals surface area (Å²) in [5.41, 5.74) is 10.6. The molecule has 48 heavy (non-hydrogen) atoms. The minimum Gasteiger partial charge on any atom is -0.399 e. The smallest absolute Gasteiger partial charge is 0.399 e. The van der Waals surface area contributed by atoms with E-state index >= 15 is 0 Å². The average molecular weight is 641 g/mol. The molecule has 2 aliphatic rings. The van der Waals surface area contributed by atoms with Crippen LogP contribution in [0.2, 0.25) is 0 Å². The van der Waals surface area contributed by atoms with E-state index in [-0.39, 0.29) is 22.2 Å². The molecule has 252 valence electrons. The molecular formula is C45H57BO2. The van der Waals surface area contributed by atoms with Crippen LogP contribution in [-0.2, 0) is 14.7 Å².